The lowest BCUT2D eigenvalue weighted by atomic mass is 10.3. The third-order valence-corrected chi connectivity index (χ3v) is 2.47. The molecule has 1 aromatic carbocycles. The molecule has 0 fully saturated rings. The lowest BCUT2D eigenvalue weighted by molar-refractivity contribution is 0.127. The molecular weight excluding hydrogens is 241 g/mol. The molecular formula is C10H8ClF3N2. The van der Waals surface area contributed by atoms with Gasteiger partial charge in [0, 0.05) is 6.07 Å². The number of aromatic nitrogens is 2. The van der Waals surface area contributed by atoms with Crippen LogP contribution in [0.15, 0.2) is 18.2 Å². The summed E-state index contributed by atoms with van der Waals surface area (Å²) in [6.07, 6.45) is -2.50. The third kappa shape index (κ3) is 2.00. The van der Waals surface area contributed by atoms with E-state index in [4.69, 9.17) is 11.6 Å². The van der Waals surface area contributed by atoms with Crippen LogP contribution in [-0.2, 0) is 12.4 Å². The Hall–Kier alpha value is -1.23. The van der Waals surface area contributed by atoms with Crippen LogP contribution >= 0.6 is 11.6 Å². The second-order valence-corrected chi connectivity index (χ2v) is 3.56. The molecule has 86 valence electrons. The van der Waals surface area contributed by atoms with E-state index in [1.54, 1.807) is 0 Å². The van der Waals surface area contributed by atoms with Gasteiger partial charge in [-0.25, -0.2) is 18.2 Å². The van der Waals surface area contributed by atoms with Crippen molar-refractivity contribution in [2.45, 2.75) is 18.9 Å². The first-order chi connectivity index (χ1) is 7.61. The number of imidazole rings is 1. The van der Waals surface area contributed by atoms with Crippen LogP contribution in [-0.4, -0.2) is 16.0 Å². The zero-order valence-corrected chi connectivity index (χ0v) is 8.89. The van der Waals surface area contributed by atoms with Gasteiger partial charge in [0.2, 0.25) is 0 Å². The second-order valence-electron chi connectivity index (χ2n) is 3.30. The summed E-state index contributed by atoms with van der Waals surface area (Å²) in [5, 5.41) is 0. The average Bonchev–Trinajstić information content (AvgIpc) is 2.55. The van der Waals surface area contributed by atoms with E-state index in [-0.39, 0.29) is 5.88 Å². The summed E-state index contributed by atoms with van der Waals surface area (Å²) >= 11 is 5.60. The summed E-state index contributed by atoms with van der Waals surface area (Å²) in [6, 6.07) is 3.84. The number of fused-ring (bicyclic) bond motifs is 1. The van der Waals surface area contributed by atoms with Crippen molar-refractivity contribution in [1.29, 1.82) is 0 Å². The molecule has 0 aliphatic carbocycles. The average molecular weight is 249 g/mol. The van der Waals surface area contributed by atoms with Crippen molar-refractivity contribution < 1.29 is 13.2 Å². The van der Waals surface area contributed by atoms with Crippen molar-refractivity contribution in [2.24, 2.45) is 0 Å². The number of rotatable bonds is 3. The molecule has 2 aromatic rings. The normalized spacial score (nSPS) is 11.6. The van der Waals surface area contributed by atoms with Gasteiger partial charge in [-0.05, 0) is 12.1 Å². The molecule has 0 saturated heterocycles. The highest BCUT2D eigenvalue weighted by Crippen LogP contribution is 2.19. The van der Waals surface area contributed by atoms with E-state index in [9.17, 15) is 13.2 Å². The lowest BCUT2D eigenvalue weighted by Gasteiger charge is -2.06. The molecule has 1 heterocycles. The predicted octanol–water partition coefficient (Wildman–Crippen LogP) is 3.18. The van der Waals surface area contributed by atoms with Crippen LogP contribution in [0.4, 0.5) is 13.2 Å². The molecule has 16 heavy (non-hydrogen) atoms. The van der Waals surface area contributed by atoms with Crippen LogP contribution in [0.2, 0.25) is 0 Å². The van der Waals surface area contributed by atoms with Gasteiger partial charge in [-0.2, -0.15) is 0 Å². The minimum atomic E-state index is -2.50. The van der Waals surface area contributed by atoms with Gasteiger partial charge in [-0.3, -0.25) is 0 Å². The molecule has 2 rings (SSSR count). The predicted molar refractivity (Wildman–Crippen MR) is 55.3 cm³/mol. The van der Waals surface area contributed by atoms with Gasteiger partial charge >= 0.3 is 0 Å². The highest BCUT2D eigenvalue weighted by Gasteiger charge is 2.14. The third-order valence-electron chi connectivity index (χ3n) is 2.23. The van der Waals surface area contributed by atoms with E-state index in [1.807, 2.05) is 0 Å². The molecule has 0 saturated carbocycles. The Bertz CT molecular complexity index is 510. The fourth-order valence-corrected chi connectivity index (χ4v) is 1.80. The number of nitrogens with zero attached hydrogens (tertiary/aromatic N) is 2. The van der Waals surface area contributed by atoms with Crippen LogP contribution in [0.1, 0.15) is 5.82 Å². The first-order valence-electron chi connectivity index (χ1n) is 4.60. The number of hydrogen-bond acceptors (Lipinski definition) is 1. The molecule has 2 nitrogen and oxygen atoms in total. The van der Waals surface area contributed by atoms with Crippen molar-refractivity contribution >= 4 is 22.6 Å². The maximum Gasteiger partial charge on any atom is 0.256 e. The minimum absolute atomic E-state index is 0.0169. The van der Waals surface area contributed by atoms with E-state index < -0.39 is 18.8 Å². The summed E-state index contributed by atoms with van der Waals surface area (Å²) in [6.45, 7) is -0.482. The maximum atomic E-state index is 12.9. The SMILES string of the molecule is Fc1ccc2c(c1)nc(CCl)n2CC(F)F. The van der Waals surface area contributed by atoms with Crippen molar-refractivity contribution in [3.05, 3.63) is 29.8 Å². The summed E-state index contributed by atoms with van der Waals surface area (Å²) in [4.78, 5) is 4.00. The topological polar surface area (TPSA) is 17.8 Å². The van der Waals surface area contributed by atoms with Crippen LogP contribution in [0.25, 0.3) is 11.0 Å². The van der Waals surface area contributed by atoms with E-state index in [2.05, 4.69) is 4.98 Å². The van der Waals surface area contributed by atoms with E-state index in [0.29, 0.717) is 16.9 Å². The van der Waals surface area contributed by atoms with Crippen LogP contribution < -0.4 is 0 Å². The molecule has 0 spiro atoms. The number of alkyl halides is 3. The van der Waals surface area contributed by atoms with Crippen molar-refractivity contribution in [1.82, 2.24) is 9.55 Å². The van der Waals surface area contributed by atoms with Gasteiger partial charge in [-0.15, -0.1) is 11.6 Å². The van der Waals surface area contributed by atoms with Gasteiger partial charge in [0.15, 0.2) is 0 Å². The lowest BCUT2D eigenvalue weighted by Crippen LogP contribution is -2.09. The Morgan fingerprint density at radius 1 is 1.38 bits per heavy atom. The van der Waals surface area contributed by atoms with Gasteiger partial charge in [0.25, 0.3) is 6.43 Å². The summed E-state index contributed by atoms with van der Waals surface area (Å²) in [5.41, 5.74) is 0.814. The quantitative estimate of drug-likeness (QED) is 0.763. The Morgan fingerprint density at radius 3 is 2.75 bits per heavy atom. The fraction of sp³-hybridized carbons (Fsp3) is 0.300. The second kappa shape index (κ2) is 4.33. The summed E-state index contributed by atoms with van der Waals surface area (Å²) in [5.74, 6) is -0.110. The Labute approximate surface area is 94.6 Å². The standard InChI is InChI=1S/C10H8ClF3N2/c11-4-10-15-7-3-6(12)1-2-8(7)16(10)5-9(13)14/h1-3,9H,4-5H2. The van der Waals surface area contributed by atoms with Gasteiger partial charge in [0.1, 0.15) is 11.6 Å². The van der Waals surface area contributed by atoms with E-state index in [0.717, 1.165) is 0 Å². The number of halogens is 4. The molecule has 0 amide bonds. The Balaban J connectivity index is 2.59. The monoisotopic (exact) mass is 248 g/mol. The molecule has 0 aliphatic rings. The molecule has 0 N–H and O–H groups in total. The number of benzene rings is 1. The smallest absolute Gasteiger partial charge is 0.256 e. The Kier molecular flexibility index (Phi) is 3.05. The van der Waals surface area contributed by atoms with Crippen molar-refractivity contribution in [3.8, 4) is 0 Å². The largest absolute Gasteiger partial charge is 0.321 e. The molecule has 6 heteroatoms. The Morgan fingerprint density at radius 2 is 2.12 bits per heavy atom. The van der Waals surface area contributed by atoms with Crippen LogP contribution in [0.3, 0.4) is 0 Å². The van der Waals surface area contributed by atoms with Gasteiger partial charge in [-0.1, -0.05) is 0 Å². The van der Waals surface area contributed by atoms with Crippen molar-refractivity contribution in [3.63, 3.8) is 0 Å². The summed E-state index contributed by atoms with van der Waals surface area (Å²) in [7, 11) is 0. The highest BCUT2D eigenvalue weighted by atomic mass is 35.5. The molecule has 0 bridgehead atoms. The first-order valence-corrected chi connectivity index (χ1v) is 5.14. The van der Waals surface area contributed by atoms with E-state index >= 15 is 0 Å². The maximum absolute atomic E-state index is 12.9. The highest BCUT2D eigenvalue weighted by molar-refractivity contribution is 6.16. The van der Waals surface area contributed by atoms with E-state index in [1.165, 1.54) is 22.8 Å². The molecule has 0 radical (unpaired) electrons. The molecule has 0 unspecified atom stereocenters. The summed E-state index contributed by atoms with van der Waals surface area (Å²) < 4.78 is 38.9. The molecule has 1 aromatic heterocycles. The van der Waals surface area contributed by atoms with Crippen LogP contribution in [0, 0.1) is 5.82 Å². The first kappa shape index (κ1) is 11.3. The zero-order chi connectivity index (χ0) is 11.7. The van der Waals surface area contributed by atoms with Gasteiger partial charge in [0.05, 0.1) is 23.5 Å². The molecule has 0 aliphatic heterocycles. The van der Waals surface area contributed by atoms with Crippen LogP contribution in [0.5, 0.6) is 0 Å². The molecule has 0 atom stereocenters. The number of hydrogen-bond donors (Lipinski definition) is 0. The zero-order valence-electron chi connectivity index (χ0n) is 8.13. The van der Waals surface area contributed by atoms with Gasteiger partial charge < -0.3 is 4.57 Å². The van der Waals surface area contributed by atoms with Crippen molar-refractivity contribution in [2.75, 3.05) is 0 Å². The fourth-order valence-electron chi connectivity index (χ4n) is 1.60. The minimum Gasteiger partial charge on any atom is -0.321 e.